The zero-order chi connectivity index (χ0) is 18.9. The molecule has 0 saturated carbocycles. The van der Waals surface area contributed by atoms with Crippen LogP contribution in [0.1, 0.15) is 21.6 Å². The molecule has 3 N–H and O–H groups in total. The fraction of sp³-hybridized carbons (Fsp3) is 0.278. The summed E-state index contributed by atoms with van der Waals surface area (Å²) in [5, 5.41) is 6.45. The van der Waals surface area contributed by atoms with Crippen LogP contribution in [0.15, 0.2) is 34.9 Å². The fourth-order valence-electron chi connectivity index (χ4n) is 2.52. The van der Waals surface area contributed by atoms with E-state index < -0.39 is 24.9 Å². The Balaban J connectivity index is 0.00000261. The minimum absolute atomic E-state index is 0. The maximum absolute atomic E-state index is 13.4. The van der Waals surface area contributed by atoms with Crippen LogP contribution < -0.4 is 11.1 Å². The van der Waals surface area contributed by atoms with Gasteiger partial charge in [0.1, 0.15) is 0 Å². The van der Waals surface area contributed by atoms with Gasteiger partial charge in [0.05, 0.1) is 35.4 Å². The van der Waals surface area contributed by atoms with Crippen molar-refractivity contribution in [3.05, 3.63) is 47.2 Å². The summed E-state index contributed by atoms with van der Waals surface area (Å²) in [6.45, 7) is 1.91. The average Bonchev–Trinajstić information content (AvgIpc) is 3.01. The molecule has 6 nitrogen and oxygen atoms in total. The predicted molar refractivity (Wildman–Crippen MR) is 100 cm³/mol. The molecular formula is C18H19ClF2N4O2. The normalized spacial score (nSPS) is 11.3. The first-order valence-electron chi connectivity index (χ1n) is 8.01. The van der Waals surface area contributed by atoms with Gasteiger partial charge in [-0.2, -0.15) is 0 Å². The summed E-state index contributed by atoms with van der Waals surface area (Å²) in [6.07, 6.45) is 0. The smallest absolute Gasteiger partial charge is 0.277 e. The third-order valence-electron chi connectivity index (χ3n) is 4.02. The van der Waals surface area contributed by atoms with Crippen LogP contribution >= 0.6 is 12.4 Å². The van der Waals surface area contributed by atoms with Crippen molar-refractivity contribution in [2.75, 3.05) is 13.1 Å². The Hall–Kier alpha value is -2.58. The van der Waals surface area contributed by atoms with Crippen molar-refractivity contribution in [1.29, 1.82) is 0 Å². The summed E-state index contributed by atoms with van der Waals surface area (Å²) < 4.78 is 31.9. The van der Waals surface area contributed by atoms with Gasteiger partial charge in [-0.15, -0.1) is 12.4 Å². The van der Waals surface area contributed by atoms with E-state index in [0.29, 0.717) is 16.8 Å². The largest absolute Gasteiger partial charge is 0.346 e. The van der Waals surface area contributed by atoms with Gasteiger partial charge in [-0.3, -0.25) is 4.79 Å². The molecule has 27 heavy (non-hydrogen) atoms. The highest BCUT2D eigenvalue weighted by molar-refractivity contribution is 6.07. The second-order valence-corrected chi connectivity index (χ2v) is 6.11. The van der Waals surface area contributed by atoms with Crippen molar-refractivity contribution in [2.45, 2.75) is 19.8 Å². The van der Waals surface area contributed by atoms with E-state index in [1.807, 2.05) is 31.2 Å². The molecule has 0 atom stereocenters. The zero-order valence-electron chi connectivity index (χ0n) is 14.8. The lowest BCUT2D eigenvalue weighted by atomic mass is 10.0. The van der Waals surface area contributed by atoms with Crippen molar-refractivity contribution < 1.29 is 18.1 Å². The maximum Gasteiger partial charge on any atom is 0.277 e. The first-order chi connectivity index (χ1) is 12.3. The Labute approximate surface area is 160 Å². The van der Waals surface area contributed by atoms with Crippen LogP contribution in [0.3, 0.4) is 0 Å². The highest BCUT2D eigenvalue weighted by Gasteiger charge is 2.28. The Bertz CT molecular complexity index is 958. The van der Waals surface area contributed by atoms with Crippen LogP contribution in [0.2, 0.25) is 0 Å². The highest BCUT2D eigenvalue weighted by atomic mass is 35.5. The minimum atomic E-state index is -3.18. The van der Waals surface area contributed by atoms with Gasteiger partial charge >= 0.3 is 0 Å². The molecule has 0 aliphatic rings. The van der Waals surface area contributed by atoms with Crippen molar-refractivity contribution in [3.63, 3.8) is 0 Å². The van der Waals surface area contributed by atoms with E-state index in [1.54, 1.807) is 13.0 Å². The lowest BCUT2D eigenvalue weighted by Gasteiger charge is -2.15. The van der Waals surface area contributed by atoms with E-state index in [9.17, 15) is 13.6 Å². The Kier molecular flexibility index (Phi) is 6.12. The number of aryl methyl sites for hydroxylation is 2. The van der Waals surface area contributed by atoms with Gasteiger partial charge in [-0.1, -0.05) is 35.0 Å². The number of carbonyl (C=O) groups excluding carboxylic acids is 1. The molecule has 2 heterocycles. The van der Waals surface area contributed by atoms with Gasteiger partial charge in [0, 0.05) is 5.56 Å². The van der Waals surface area contributed by atoms with Crippen LogP contribution in [-0.2, 0) is 0 Å². The second-order valence-electron chi connectivity index (χ2n) is 6.11. The number of nitrogens with one attached hydrogen (secondary N) is 1. The van der Waals surface area contributed by atoms with Crippen LogP contribution in [0.25, 0.3) is 22.4 Å². The van der Waals surface area contributed by atoms with Crippen LogP contribution in [0.4, 0.5) is 8.78 Å². The molecular weight excluding hydrogens is 378 g/mol. The zero-order valence-corrected chi connectivity index (χ0v) is 15.6. The molecule has 0 spiro atoms. The van der Waals surface area contributed by atoms with E-state index in [0.717, 1.165) is 11.1 Å². The third-order valence-corrected chi connectivity index (χ3v) is 4.02. The number of rotatable bonds is 5. The SMILES string of the molecule is Cc1ccc(-c2cc(C(=O)NCC(F)(F)CN)c3c(C)noc3n2)cc1.Cl. The van der Waals surface area contributed by atoms with Crippen molar-refractivity contribution in [1.82, 2.24) is 15.5 Å². The molecule has 0 unspecified atom stereocenters. The first-order valence-corrected chi connectivity index (χ1v) is 8.01. The summed E-state index contributed by atoms with van der Waals surface area (Å²) in [5.41, 5.74) is 8.16. The van der Waals surface area contributed by atoms with Gasteiger partial charge in [-0.05, 0) is 19.9 Å². The number of fused-ring (bicyclic) bond motifs is 1. The third kappa shape index (κ3) is 4.40. The Morgan fingerprint density at radius 1 is 1.26 bits per heavy atom. The summed E-state index contributed by atoms with van der Waals surface area (Å²) in [5.74, 6) is -3.84. The van der Waals surface area contributed by atoms with Gasteiger partial charge in [0.2, 0.25) is 0 Å². The molecule has 1 aromatic carbocycles. The van der Waals surface area contributed by atoms with Gasteiger partial charge in [-0.25, -0.2) is 13.8 Å². The van der Waals surface area contributed by atoms with E-state index in [1.165, 1.54) is 0 Å². The predicted octanol–water partition coefficient (Wildman–Crippen LogP) is 3.25. The first kappa shape index (κ1) is 20.7. The molecule has 0 bridgehead atoms. The number of hydrogen-bond acceptors (Lipinski definition) is 5. The number of nitrogens with zero attached hydrogens (tertiary/aromatic N) is 2. The van der Waals surface area contributed by atoms with E-state index in [2.05, 4.69) is 15.5 Å². The summed E-state index contributed by atoms with van der Waals surface area (Å²) in [4.78, 5) is 16.9. The standard InChI is InChI=1S/C18H18F2N4O2.ClH/c1-10-3-5-12(6-4-10)14-7-13(15-11(2)24-26-17(15)23-14)16(25)22-9-18(19,20)8-21;/h3-7H,8-9,21H2,1-2H3,(H,22,25);1H. The molecule has 3 aromatic rings. The Morgan fingerprint density at radius 3 is 2.56 bits per heavy atom. The lowest BCUT2D eigenvalue weighted by molar-refractivity contribution is 0.0119. The van der Waals surface area contributed by atoms with Gasteiger partial charge < -0.3 is 15.6 Å². The molecule has 3 rings (SSSR count). The minimum Gasteiger partial charge on any atom is -0.346 e. The second kappa shape index (κ2) is 7.98. The molecule has 0 radical (unpaired) electrons. The number of aromatic nitrogens is 2. The lowest BCUT2D eigenvalue weighted by Crippen LogP contribution is -2.41. The number of benzene rings is 1. The Morgan fingerprint density at radius 2 is 1.93 bits per heavy atom. The highest BCUT2D eigenvalue weighted by Crippen LogP contribution is 2.27. The molecule has 1 amide bonds. The van der Waals surface area contributed by atoms with Crippen molar-refractivity contribution in [2.24, 2.45) is 5.73 Å². The molecule has 0 aliphatic heterocycles. The number of nitrogens with two attached hydrogens (primary N) is 1. The molecule has 0 fully saturated rings. The number of hydrogen-bond donors (Lipinski definition) is 2. The van der Waals surface area contributed by atoms with E-state index in [4.69, 9.17) is 10.3 Å². The maximum atomic E-state index is 13.4. The average molecular weight is 397 g/mol. The van der Waals surface area contributed by atoms with Crippen LogP contribution in [0, 0.1) is 13.8 Å². The molecule has 0 aliphatic carbocycles. The van der Waals surface area contributed by atoms with Crippen LogP contribution in [-0.4, -0.2) is 35.1 Å². The molecule has 2 aromatic heterocycles. The van der Waals surface area contributed by atoms with Crippen molar-refractivity contribution >= 4 is 29.4 Å². The molecule has 9 heteroatoms. The fourth-order valence-corrected chi connectivity index (χ4v) is 2.52. The quantitative estimate of drug-likeness (QED) is 0.690. The summed E-state index contributed by atoms with van der Waals surface area (Å²) in [7, 11) is 0. The number of pyridine rings is 1. The number of alkyl halides is 2. The van der Waals surface area contributed by atoms with E-state index in [-0.39, 0.29) is 23.7 Å². The molecule has 144 valence electrons. The van der Waals surface area contributed by atoms with Crippen molar-refractivity contribution in [3.8, 4) is 11.3 Å². The van der Waals surface area contributed by atoms with Crippen LogP contribution in [0.5, 0.6) is 0 Å². The summed E-state index contributed by atoms with van der Waals surface area (Å²) >= 11 is 0. The number of amides is 1. The number of halogens is 3. The number of carbonyl (C=O) groups is 1. The van der Waals surface area contributed by atoms with E-state index >= 15 is 0 Å². The monoisotopic (exact) mass is 396 g/mol. The van der Waals surface area contributed by atoms with Gasteiger partial charge in [0.25, 0.3) is 17.5 Å². The summed E-state index contributed by atoms with van der Waals surface area (Å²) in [6, 6.07) is 9.09. The molecule has 0 saturated heterocycles. The topological polar surface area (TPSA) is 94.0 Å². The van der Waals surface area contributed by atoms with Gasteiger partial charge in [0.15, 0.2) is 0 Å².